The van der Waals surface area contributed by atoms with Crippen LogP contribution in [-0.4, -0.2) is 31.1 Å². The lowest BCUT2D eigenvalue weighted by atomic mass is 9.78. The van der Waals surface area contributed by atoms with E-state index >= 15 is 0 Å². The molecule has 2 rings (SSSR count). The summed E-state index contributed by atoms with van der Waals surface area (Å²) in [6.45, 7) is 10.5. The molecule has 3 unspecified atom stereocenters. The zero-order chi connectivity index (χ0) is 11.8. The van der Waals surface area contributed by atoms with Crippen LogP contribution in [-0.2, 0) is 0 Å². The van der Waals surface area contributed by atoms with E-state index in [4.69, 9.17) is 5.73 Å². The maximum Gasteiger partial charge on any atom is 0.00825 e. The summed E-state index contributed by atoms with van der Waals surface area (Å²) in [4.78, 5) is 2.43. The minimum atomic E-state index is 0.499. The molecule has 2 N–H and O–H groups in total. The van der Waals surface area contributed by atoms with Gasteiger partial charge in [0.15, 0.2) is 0 Å². The van der Waals surface area contributed by atoms with Crippen LogP contribution in [0.2, 0.25) is 0 Å². The van der Waals surface area contributed by atoms with Crippen molar-refractivity contribution in [2.24, 2.45) is 17.6 Å². The fourth-order valence-electron chi connectivity index (χ4n) is 2.74. The van der Waals surface area contributed by atoms with Crippen LogP contribution in [0.5, 0.6) is 0 Å². The maximum atomic E-state index is 6.06. The van der Waals surface area contributed by atoms with Gasteiger partial charge in [-0.1, -0.05) is 34.1 Å². The zero-order valence-electron chi connectivity index (χ0n) is 11.3. The molecular weight excluding hydrogens is 184 g/mol. The summed E-state index contributed by atoms with van der Waals surface area (Å²) in [5, 5.41) is 0. The van der Waals surface area contributed by atoms with E-state index in [0.717, 1.165) is 11.8 Å². The summed E-state index contributed by atoms with van der Waals surface area (Å²) in [5.74, 6) is 1.73. The van der Waals surface area contributed by atoms with E-state index in [1.54, 1.807) is 0 Å². The first-order valence-electron chi connectivity index (χ1n) is 6.71. The van der Waals surface area contributed by atoms with Crippen molar-refractivity contribution in [3.05, 3.63) is 0 Å². The maximum absolute atomic E-state index is 6.06. The van der Waals surface area contributed by atoms with Crippen molar-refractivity contribution in [3.8, 4) is 0 Å². The van der Waals surface area contributed by atoms with Crippen LogP contribution in [0.3, 0.4) is 0 Å². The molecule has 2 fully saturated rings. The van der Waals surface area contributed by atoms with Crippen molar-refractivity contribution < 1.29 is 0 Å². The molecule has 1 saturated carbocycles. The molecule has 15 heavy (non-hydrogen) atoms. The van der Waals surface area contributed by atoms with Crippen LogP contribution >= 0.6 is 0 Å². The smallest absolute Gasteiger partial charge is 0.00825 e. The standard InChI is InChI=1S/C9H18N2.2C2H6/c1-11-5-7-3-2-4-9(10)8(7)6-11;2*1-2/h7-9H,2-6,10H2,1H3;2*1-2H3. The van der Waals surface area contributed by atoms with Crippen molar-refractivity contribution in [2.45, 2.75) is 53.0 Å². The van der Waals surface area contributed by atoms with E-state index in [2.05, 4.69) is 11.9 Å². The summed E-state index contributed by atoms with van der Waals surface area (Å²) in [7, 11) is 2.21. The molecule has 0 amide bonds. The van der Waals surface area contributed by atoms with Crippen LogP contribution in [0, 0.1) is 11.8 Å². The zero-order valence-corrected chi connectivity index (χ0v) is 11.3. The van der Waals surface area contributed by atoms with Gasteiger partial charge >= 0.3 is 0 Å². The van der Waals surface area contributed by atoms with E-state index in [0.29, 0.717) is 6.04 Å². The Morgan fingerprint density at radius 1 is 1.00 bits per heavy atom. The first kappa shape index (κ1) is 14.9. The van der Waals surface area contributed by atoms with Crippen molar-refractivity contribution in [1.29, 1.82) is 0 Å². The first-order valence-corrected chi connectivity index (χ1v) is 6.71. The molecule has 0 bridgehead atoms. The highest BCUT2D eigenvalue weighted by atomic mass is 15.1. The molecule has 2 heteroatoms. The molecule has 3 atom stereocenters. The van der Waals surface area contributed by atoms with Gasteiger partial charge in [-0.3, -0.25) is 0 Å². The minimum Gasteiger partial charge on any atom is -0.327 e. The van der Waals surface area contributed by atoms with Gasteiger partial charge in [0, 0.05) is 19.1 Å². The topological polar surface area (TPSA) is 29.3 Å². The molecule has 0 spiro atoms. The van der Waals surface area contributed by atoms with E-state index < -0.39 is 0 Å². The Kier molecular flexibility index (Phi) is 8.07. The second-order valence-electron chi connectivity index (χ2n) is 4.24. The normalized spacial score (nSPS) is 34.4. The number of rotatable bonds is 0. The van der Waals surface area contributed by atoms with Gasteiger partial charge in [0.05, 0.1) is 0 Å². The van der Waals surface area contributed by atoms with Crippen molar-refractivity contribution in [3.63, 3.8) is 0 Å². The molecule has 2 nitrogen and oxygen atoms in total. The fourth-order valence-corrected chi connectivity index (χ4v) is 2.74. The summed E-state index contributed by atoms with van der Waals surface area (Å²) >= 11 is 0. The van der Waals surface area contributed by atoms with Gasteiger partial charge in [-0.25, -0.2) is 0 Å². The quantitative estimate of drug-likeness (QED) is 0.672. The SMILES string of the molecule is CC.CC.CN1CC2CCCC(N)C2C1. The number of fused-ring (bicyclic) bond motifs is 1. The van der Waals surface area contributed by atoms with Gasteiger partial charge < -0.3 is 10.6 Å². The summed E-state index contributed by atoms with van der Waals surface area (Å²) in [5.41, 5.74) is 6.06. The Balaban J connectivity index is 0.000000442. The Bertz CT molecular complexity index is 147. The molecule has 1 aliphatic heterocycles. The summed E-state index contributed by atoms with van der Waals surface area (Å²) in [6.07, 6.45) is 4.04. The van der Waals surface area contributed by atoms with Crippen LogP contribution < -0.4 is 5.73 Å². The molecule has 0 aromatic heterocycles. The highest BCUT2D eigenvalue weighted by Gasteiger charge is 2.36. The largest absolute Gasteiger partial charge is 0.327 e. The van der Waals surface area contributed by atoms with E-state index in [9.17, 15) is 0 Å². The van der Waals surface area contributed by atoms with Gasteiger partial charge in [-0.05, 0) is 31.7 Å². The molecule has 0 radical (unpaired) electrons. The van der Waals surface area contributed by atoms with Crippen molar-refractivity contribution >= 4 is 0 Å². The highest BCUT2D eigenvalue weighted by Crippen LogP contribution is 2.34. The van der Waals surface area contributed by atoms with Gasteiger partial charge in [0.1, 0.15) is 0 Å². The van der Waals surface area contributed by atoms with E-state index in [1.165, 1.54) is 32.4 Å². The number of likely N-dealkylation sites (tertiary alicyclic amines) is 1. The Labute approximate surface area is 96.2 Å². The second-order valence-corrected chi connectivity index (χ2v) is 4.24. The van der Waals surface area contributed by atoms with Crippen LogP contribution in [0.15, 0.2) is 0 Å². The predicted molar refractivity (Wildman–Crippen MR) is 69.0 cm³/mol. The summed E-state index contributed by atoms with van der Waals surface area (Å²) in [6, 6.07) is 0.499. The molecule has 2 aliphatic rings. The molecule has 1 saturated heterocycles. The first-order chi connectivity index (χ1) is 7.27. The van der Waals surface area contributed by atoms with Crippen molar-refractivity contribution in [1.82, 2.24) is 4.90 Å². The minimum absolute atomic E-state index is 0.499. The second kappa shape index (κ2) is 8.12. The lowest BCUT2D eigenvalue weighted by Gasteiger charge is -2.29. The monoisotopic (exact) mass is 214 g/mol. The molecular formula is C13H30N2. The van der Waals surface area contributed by atoms with Crippen LogP contribution in [0.1, 0.15) is 47.0 Å². The summed E-state index contributed by atoms with van der Waals surface area (Å²) < 4.78 is 0. The highest BCUT2D eigenvalue weighted by molar-refractivity contribution is 4.91. The molecule has 1 heterocycles. The molecule has 0 aromatic rings. The Hall–Kier alpha value is -0.0800. The van der Waals surface area contributed by atoms with Crippen LogP contribution in [0.25, 0.3) is 0 Å². The van der Waals surface area contributed by atoms with Gasteiger partial charge in [0.25, 0.3) is 0 Å². The third-order valence-electron chi connectivity index (χ3n) is 3.34. The fraction of sp³-hybridized carbons (Fsp3) is 1.00. The van der Waals surface area contributed by atoms with E-state index in [1.807, 2.05) is 27.7 Å². The Morgan fingerprint density at radius 2 is 1.60 bits per heavy atom. The van der Waals surface area contributed by atoms with Gasteiger partial charge in [-0.15, -0.1) is 0 Å². The van der Waals surface area contributed by atoms with Crippen LogP contribution in [0.4, 0.5) is 0 Å². The molecule has 0 aromatic carbocycles. The predicted octanol–water partition coefficient (Wildman–Crippen LogP) is 2.73. The third-order valence-corrected chi connectivity index (χ3v) is 3.34. The van der Waals surface area contributed by atoms with Crippen molar-refractivity contribution in [2.75, 3.05) is 20.1 Å². The Morgan fingerprint density at radius 3 is 2.13 bits per heavy atom. The van der Waals surface area contributed by atoms with Gasteiger partial charge in [0.2, 0.25) is 0 Å². The number of hydrogen-bond acceptors (Lipinski definition) is 2. The third kappa shape index (κ3) is 4.12. The lowest BCUT2D eigenvalue weighted by molar-refractivity contribution is 0.259. The molecule has 92 valence electrons. The number of nitrogens with two attached hydrogens (primary N) is 1. The number of hydrogen-bond donors (Lipinski definition) is 1. The molecule has 1 aliphatic carbocycles. The van der Waals surface area contributed by atoms with E-state index in [-0.39, 0.29) is 0 Å². The van der Waals surface area contributed by atoms with Gasteiger partial charge in [-0.2, -0.15) is 0 Å². The number of nitrogens with zero attached hydrogens (tertiary/aromatic N) is 1. The average molecular weight is 214 g/mol. The lowest BCUT2D eigenvalue weighted by Crippen LogP contribution is -2.38. The average Bonchev–Trinajstić information content (AvgIpc) is 2.66.